The van der Waals surface area contributed by atoms with E-state index in [2.05, 4.69) is 5.32 Å². The van der Waals surface area contributed by atoms with Crippen molar-refractivity contribution in [2.24, 2.45) is 0 Å². The second-order valence-corrected chi connectivity index (χ2v) is 6.10. The number of anilines is 1. The molecule has 0 radical (unpaired) electrons. The Morgan fingerprint density at radius 3 is 2.44 bits per heavy atom. The van der Waals surface area contributed by atoms with Crippen molar-refractivity contribution in [2.75, 3.05) is 19.4 Å². The number of benzene rings is 2. The maximum atomic E-state index is 13.2. The highest BCUT2D eigenvalue weighted by Crippen LogP contribution is 2.24. The van der Waals surface area contributed by atoms with E-state index in [0.717, 1.165) is 12.1 Å². The van der Waals surface area contributed by atoms with Crippen LogP contribution < -0.4 is 5.32 Å². The predicted molar refractivity (Wildman–Crippen MR) is 92.8 cm³/mol. The molecule has 1 N–H and O–H groups in total. The van der Waals surface area contributed by atoms with E-state index in [1.165, 1.54) is 23.1 Å². The number of nitrogens with zero attached hydrogens (tertiary/aromatic N) is 1. The highest BCUT2D eigenvalue weighted by Gasteiger charge is 2.13. The third kappa shape index (κ3) is 5.00. The van der Waals surface area contributed by atoms with Gasteiger partial charge in [-0.2, -0.15) is 0 Å². The molecule has 0 unspecified atom stereocenters. The molecule has 0 atom stereocenters. The van der Waals surface area contributed by atoms with Crippen molar-refractivity contribution in [2.45, 2.75) is 12.8 Å². The molecule has 25 heavy (non-hydrogen) atoms. The molecule has 0 aliphatic carbocycles. The summed E-state index contributed by atoms with van der Waals surface area (Å²) < 4.78 is 26.0. The van der Waals surface area contributed by atoms with Crippen LogP contribution in [0.4, 0.5) is 14.5 Å². The number of halogens is 3. The normalized spacial score (nSPS) is 10.4. The van der Waals surface area contributed by atoms with Crippen molar-refractivity contribution < 1.29 is 18.4 Å². The van der Waals surface area contributed by atoms with Crippen LogP contribution in [0.2, 0.25) is 5.02 Å². The maximum Gasteiger partial charge on any atom is 0.253 e. The Hall–Kier alpha value is -2.47. The van der Waals surface area contributed by atoms with Gasteiger partial charge in [-0.3, -0.25) is 9.59 Å². The molecule has 7 heteroatoms. The predicted octanol–water partition coefficient (Wildman–Crippen LogP) is 3.89. The van der Waals surface area contributed by atoms with Crippen molar-refractivity contribution in [1.82, 2.24) is 4.90 Å². The Morgan fingerprint density at radius 1 is 1.08 bits per heavy atom. The van der Waals surface area contributed by atoms with Gasteiger partial charge < -0.3 is 10.2 Å². The molecule has 2 amide bonds. The summed E-state index contributed by atoms with van der Waals surface area (Å²) in [7, 11) is 3.24. The number of aryl methyl sites for hydroxylation is 1. The largest absolute Gasteiger partial charge is 0.345 e. The van der Waals surface area contributed by atoms with Gasteiger partial charge in [0.05, 0.1) is 10.7 Å². The van der Waals surface area contributed by atoms with Gasteiger partial charge in [0.15, 0.2) is 11.6 Å². The van der Waals surface area contributed by atoms with Gasteiger partial charge in [0, 0.05) is 26.1 Å². The molecular weight excluding hydrogens is 350 g/mol. The van der Waals surface area contributed by atoms with Crippen LogP contribution in [-0.2, 0) is 11.2 Å². The zero-order chi connectivity index (χ0) is 18.6. The molecule has 0 aromatic heterocycles. The number of carbonyl (C=O) groups excluding carboxylic acids is 2. The van der Waals surface area contributed by atoms with Crippen LogP contribution in [0.15, 0.2) is 36.4 Å². The minimum Gasteiger partial charge on any atom is -0.345 e. The van der Waals surface area contributed by atoms with Crippen molar-refractivity contribution in [3.05, 3.63) is 64.2 Å². The van der Waals surface area contributed by atoms with E-state index in [0.29, 0.717) is 21.8 Å². The van der Waals surface area contributed by atoms with E-state index < -0.39 is 11.6 Å². The summed E-state index contributed by atoms with van der Waals surface area (Å²) in [6.45, 7) is 0. The van der Waals surface area contributed by atoms with Gasteiger partial charge in [0.2, 0.25) is 5.91 Å². The minimum atomic E-state index is -0.948. The Labute approximate surface area is 149 Å². The molecule has 0 saturated heterocycles. The fourth-order valence-corrected chi connectivity index (χ4v) is 2.34. The Morgan fingerprint density at radius 2 is 1.80 bits per heavy atom. The number of hydrogen-bond acceptors (Lipinski definition) is 2. The first-order valence-corrected chi connectivity index (χ1v) is 7.90. The van der Waals surface area contributed by atoms with Gasteiger partial charge in [-0.15, -0.1) is 0 Å². The highest BCUT2D eigenvalue weighted by atomic mass is 35.5. The maximum absolute atomic E-state index is 13.2. The summed E-state index contributed by atoms with van der Waals surface area (Å²) in [5.74, 6) is -2.44. The number of carbonyl (C=O) groups is 2. The van der Waals surface area contributed by atoms with Gasteiger partial charge in [0.25, 0.3) is 5.91 Å². The van der Waals surface area contributed by atoms with E-state index in [-0.39, 0.29) is 24.7 Å². The molecule has 0 saturated carbocycles. The lowest BCUT2D eigenvalue weighted by atomic mass is 10.1. The van der Waals surface area contributed by atoms with Gasteiger partial charge in [0.1, 0.15) is 0 Å². The summed E-state index contributed by atoms with van der Waals surface area (Å²) in [6, 6.07) is 8.11. The summed E-state index contributed by atoms with van der Waals surface area (Å²) in [5, 5.41) is 2.93. The van der Waals surface area contributed by atoms with Gasteiger partial charge in [-0.1, -0.05) is 17.7 Å². The van der Waals surface area contributed by atoms with Gasteiger partial charge in [-0.25, -0.2) is 8.78 Å². The lowest BCUT2D eigenvalue weighted by molar-refractivity contribution is -0.116. The average Bonchev–Trinajstić information content (AvgIpc) is 2.57. The van der Waals surface area contributed by atoms with Crippen LogP contribution in [0, 0.1) is 11.6 Å². The van der Waals surface area contributed by atoms with Crippen LogP contribution >= 0.6 is 11.6 Å². The standard InChI is InChI=1S/C18H17ClF2N2O2/c1-23(2)18(25)12-5-6-13(19)16(10-12)22-17(24)8-4-11-3-7-14(20)15(21)9-11/h3,5-7,9-10H,4,8H2,1-2H3,(H,22,24). The van der Waals surface area contributed by atoms with Crippen molar-refractivity contribution in [3.63, 3.8) is 0 Å². The molecule has 0 spiro atoms. The molecule has 132 valence electrons. The molecule has 2 aromatic carbocycles. The third-order valence-corrected chi connectivity index (χ3v) is 3.85. The van der Waals surface area contributed by atoms with Crippen LogP contribution in [0.25, 0.3) is 0 Å². The van der Waals surface area contributed by atoms with E-state index in [4.69, 9.17) is 11.6 Å². The fraction of sp³-hybridized carbons (Fsp3) is 0.222. The second kappa shape index (κ2) is 8.07. The van der Waals surface area contributed by atoms with Gasteiger partial charge in [-0.05, 0) is 42.3 Å². The first-order chi connectivity index (χ1) is 11.8. The van der Waals surface area contributed by atoms with Crippen molar-refractivity contribution in [1.29, 1.82) is 0 Å². The molecule has 0 aliphatic rings. The lowest BCUT2D eigenvalue weighted by Crippen LogP contribution is -2.22. The van der Waals surface area contributed by atoms with Crippen LogP contribution in [-0.4, -0.2) is 30.8 Å². The molecule has 2 aromatic rings. The average molecular weight is 367 g/mol. The van der Waals surface area contributed by atoms with E-state index >= 15 is 0 Å². The highest BCUT2D eigenvalue weighted by molar-refractivity contribution is 6.33. The smallest absolute Gasteiger partial charge is 0.253 e. The SMILES string of the molecule is CN(C)C(=O)c1ccc(Cl)c(NC(=O)CCc2ccc(F)c(F)c2)c1. The topological polar surface area (TPSA) is 49.4 Å². The lowest BCUT2D eigenvalue weighted by Gasteiger charge is -2.13. The van der Waals surface area contributed by atoms with Crippen LogP contribution in [0.1, 0.15) is 22.3 Å². The second-order valence-electron chi connectivity index (χ2n) is 5.69. The summed E-state index contributed by atoms with van der Waals surface area (Å²) >= 11 is 6.05. The zero-order valence-corrected chi connectivity index (χ0v) is 14.5. The first kappa shape index (κ1) is 18.9. The zero-order valence-electron chi connectivity index (χ0n) is 13.8. The number of hydrogen-bond donors (Lipinski definition) is 1. The number of amides is 2. The third-order valence-electron chi connectivity index (χ3n) is 3.52. The molecular formula is C18H17ClF2N2O2. The molecule has 0 heterocycles. The van der Waals surface area contributed by atoms with Crippen LogP contribution in [0.5, 0.6) is 0 Å². The van der Waals surface area contributed by atoms with Gasteiger partial charge >= 0.3 is 0 Å². The summed E-state index contributed by atoms with van der Waals surface area (Å²) in [6.07, 6.45) is 0.310. The van der Waals surface area contributed by atoms with Crippen LogP contribution in [0.3, 0.4) is 0 Å². The molecule has 0 bridgehead atoms. The molecule has 2 rings (SSSR count). The quantitative estimate of drug-likeness (QED) is 0.872. The van der Waals surface area contributed by atoms with Crippen molar-refractivity contribution >= 4 is 29.1 Å². The monoisotopic (exact) mass is 366 g/mol. The summed E-state index contributed by atoms with van der Waals surface area (Å²) in [5.41, 5.74) is 1.23. The summed E-state index contributed by atoms with van der Waals surface area (Å²) in [4.78, 5) is 25.5. The molecule has 4 nitrogen and oxygen atoms in total. The fourth-order valence-electron chi connectivity index (χ4n) is 2.18. The first-order valence-electron chi connectivity index (χ1n) is 7.53. The number of nitrogens with one attached hydrogen (secondary N) is 1. The molecule has 0 fully saturated rings. The molecule has 0 aliphatic heterocycles. The Balaban J connectivity index is 2.03. The van der Waals surface area contributed by atoms with Crippen molar-refractivity contribution in [3.8, 4) is 0 Å². The van der Waals surface area contributed by atoms with E-state index in [1.807, 2.05) is 0 Å². The van der Waals surface area contributed by atoms with E-state index in [9.17, 15) is 18.4 Å². The van der Waals surface area contributed by atoms with E-state index in [1.54, 1.807) is 20.2 Å². The Kier molecular flexibility index (Phi) is 6.09. The Bertz CT molecular complexity index is 810. The minimum absolute atomic E-state index is 0.0628. The number of rotatable bonds is 5.